The minimum absolute atomic E-state index is 0.380. The van der Waals surface area contributed by atoms with Crippen molar-refractivity contribution in [2.24, 2.45) is 0 Å². The SMILES string of the molecule is Cc1cccc(S(=O)(=O)N2CCN(c3nccs3)CC2)c1. The van der Waals surface area contributed by atoms with E-state index in [2.05, 4.69) is 9.88 Å². The highest BCUT2D eigenvalue weighted by Crippen LogP contribution is 2.22. The van der Waals surface area contributed by atoms with Crippen LogP contribution in [0.2, 0.25) is 0 Å². The van der Waals surface area contributed by atoms with Gasteiger partial charge in [0.2, 0.25) is 10.0 Å². The number of anilines is 1. The molecule has 1 aromatic heterocycles. The third-order valence-electron chi connectivity index (χ3n) is 3.56. The quantitative estimate of drug-likeness (QED) is 0.866. The molecule has 1 saturated heterocycles. The van der Waals surface area contributed by atoms with E-state index in [9.17, 15) is 8.42 Å². The number of nitrogens with zero attached hydrogens (tertiary/aromatic N) is 3. The zero-order chi connectivity index (χ0) is 14.9. The van der Waals surface area contributed by atoms with Crippen molar-refractivity contribution in [3.05, 3.63) is 41.4 Å². The van der Waals surface area contributed by atoms with Gasteiger partial charge < -0.3 is 4.90 Å². The number of benzene rings is 1. The van der Waals surface area contributed by atoms with Gasteiger partial charge in [-0.15, -0.1) is 11.3 Å². The molecule has 0 N–H and O–H groups in total. The van der Waals surface area contributed by atoms with E-state index in [4.69, 9.17) is 0 Å². The molecule has 0 radical (unpaired) electrons. The van der Waals surface area contributed by atoms with Crippen LogP contribution in [0.25, 0.3) is 0 Å². The molecule has 3 rings (SSSR count). The van der Waals surface area contributed by atoms with Crippen LogP contribution in [0.5, 0.6) is 0 Å². The van der Waals surface area contributed by atoms with Crippen LogP contribution in [0.3, 0.4) is 0 Å². The molecule has 1 aliphatic rings. The number of thiazole rings is 1. The number of hydrogen-bond donors (Lipinski definition) is 0. The summed E-state index contributed by atoms with van der Waals surface area (Å²) in [5, 5.41) is 2.90. The summed E-state index contributed by atoms with van der Waals surface area (Å²) in [4.78, 5) is 6.79. The second kappa shape index (κ2) is 5.75. The summed E-state index contributed by atoms with van der Waals surface area (Å²) >= 11 is 1.58. The second-order valence-electron chi connectivity index (χ2n) is 5.02. The Hall–Kier alpha value is -1.44. The van der Waals surface area contributed by atoms with E-state index in [-0.39, 0.29) is 0 Å². The monoisotopic (exact) mass is 323 g/mol. The molecule has 0 atom stereocenters. The third kappa shape index (κ3) is 2.95. The van der Waals surface area contributed by atoms with E-state index >= 15 is 0 Å². The van der Waals surface area contributed by atoms with Gasteiger partial charge in [-0.25, -0.2) is 13.4 Å². The molecule has 0 unspecified atom stereocenters. The highest BCUT2D eigenvalue weighted by molar-refractivity contribution is 7.89. The largest absolute Gasteiger partial charge is 0.345 e. The molecular formula is C14H17N3O2S2. The van der Waals surface area contributed by atoms with Gasteiger partial charge in [0.05, 0.1) is 4.90 Å². The molecule has 1 aromatic carbocycles. The van der Waals surface area contributed by atoms with E-state index in [1.165, 1.54) is 0 Å². The molecule has 0 amide bonds. The van der Waals surface area contributed by atoms with Crippen molar-refractivity contribution in [1.29, 1.82) is 0 Å². The first-order valence-electron chi connectivity index (χ1n) is 6.78. The summed E-state index contributed by atoms with van der Waals surface area (Å²) in [6.07, 6.45) is 1.77. The average molecular weight is 323 g/mol. The summed E-state index contributed by atoms with van der Waals surface area (Å²) in [6, 6.07) is 7.07. The summed E-state index contributed by atoms with van der Waals surface area (Å²) in [6.45, 7) is 4.25. The lowest BCUT2D eigenvalue weighted by Crippen LogP contribution is -2.48. The fourth-order valence-corrected chi connectivity index (χ4v) is 4.64. The summed E-state index contributed by atoms with van der Waals surface area (Å²) in [7, 11) is -3.39. The minimum atomic E-state index is -3.39. The van der Waals surface area contributed by atoms with Crippen molar-refractivity contribution < 1.29 is 8.42 Å². The Morgan fingerprint density at radius 1 is 1.19 bits per heavy atom. The first-order valence-corrected chi connectivity index (χ1v) is 9.10. The van der Waals surface area contributed by atoms with Crippen LogP contribution in [0.1, 0.15) is 5.56 Å². The van der Waals surface area contributed by atoms with Crippen molar-refractivity contribution >= 4 is 26.5 Å². The van der Waals surface area contributed by atoms with E-state index in [0.29, 0.717) is 31.1 Å². The van der Waals surface area contributed by atoms with E-state index in [1.807, 2.05) is 18.4 Å². The van der Waals surface area contributed by atoms with Gasteiger partial charge in [0.15, 0.2) is 5.13 Å². The van der Waals surface area contributed by atoms with Gasteiger partial charge in [-0.3, -0.25) is 0 Å². The summed E-state index contributed by atoms with van der Waals surface area (Å²) in [5.74, 6) is 0. The Bertz CT molecular complexity index is 706. The molecule has 0 spiro atoms. The Morgan fingerprint density at radius 2 is 1.95 bits per heavy atom. The standard InChI is InChI=1S/C14H17N3O2S2/c1-12-3-2-4-13(11-12)21(18,19)17-8-6-16(7-9-17)14-15-5-10-20-14/h2-5,10-11H,6-9H2,1H3. The summed E-state index contributed by atoms with van der Waals surface area (Å²) < 4.78 is 26.8. The van der Waals surface area contributed by atoms with Gasteiger partial charge in [0, 0.05) is 37.8 Å². The fourth-order valence-electron chi connectivity index (χ4n) is 2.42. The number of aromatic nitrogens is 1. The van der Waals surface area contributed by atoms with Gasteiger partial charge >= 0.3 is 0 Å². The maximum atomic E-state index is 12.6. The van der Waals surface area contributed by atoms with Crippen molar-refractivity contribution in [3.63, 3.8) is 0 Å². The number of rotatable bonds is 3. The van der Waals surface area contributed by atoms with Gasteiger partial charge in [0.1, 0.15) is 0 Å². The lowest BCUT2D eigenvalue weighted by molar-refractivity contribution is 0.384. The maximum absolute atomic E-state index is 12.6. The predicted molar refractivity (Wildman–Crippen MR) is 84.3 cm³/mol. The van der Waals surface area contributed by atoms with Gasteiger partial charge in [-0.2, -0.15) is 4.31 Å². The van der Waals surface area contributed by atoms with Crippen molar-refractivity contribution in [3.8, 4) is 0 Å². The second-order valence-corrected chi connectivity index (χ2v) is 7.83. The first-order chi connectivity index (χ1) is 10.1. The normalized spacial score (nSPS) is 17.1. The van der Waals surface area contributed by atoms with Crippen LogP contribution in [0.15, 0.2) is 40.7 Å². The van der Waals surface area contributed by atoms with E-state index in [0.717, 1.165) is 10.7 Å². The first kappa shape index (κ1) is 14.5. The highest BCUT2D eigenvalue weighted by Gasteiger charge is 2.29. The zero-order valence-electron chi connectivity index (χ0n) is 11.8. The van der Waals surface area contributed by atoms with Crippen LogP contribution in [-0.2, 0) is 10.0 Å². The van der Waals surface area contributed by atoms with Crippen molar-refractivity contribution in [2.75, 3.05) is 31.1 Å². The average Bonchev–Trinajstić information content (AvgIpc) is 3.02. The van der Waals surface area contributed by atoms with Crippen LogP contribution in [0.4, 0.5) is 5.13 Å². The van der Waals surface area contributed by atoms with Gasteiger partial charge in [-0.1, -0.05) is 12.1 Å². The third-order valence-corrected chi connectivity index (χ3v) is 6.28. The number of sulfonamides is 1. The lowest BCUT2D eigenvalue weighted by Gasteiger charge is -2.33. The Labute approximate surface area is 128 Å². The molecule has 2 aromatic rings. The highest BCUT2D eigenvalue weighted by atomic mass is 32.2. The molecular weight excluding hydrogens is 306 g/mol. The number of hydrogen-bond acceptors (Lipinski definition) is 5. The van der Waals surface area contributed by atoms with Crippen LogP contribution in [0, 0.1) is 6.92 Å². The van der Waals surface area contributed by atoms with Crippen molar-refractivity contribution in [2.45, 2.75) is 11.8 Å². The molecule has 0 bridgehead atoms. The molecule has 0 aliphatic carbocycles. The molecule has 2 heterocycles. The smallest absolute Gasteiger partial charge is 0.243 e. The summed E-state index contributed by atoms with van der Waals surface area (Å²) in [5.41, 5.74) is 0.956. The Balaban J connectivity index is 1.74. The lowest BCUT2D eigenvalue weighted by atomic mass is 10.2. The van der Waals surface area contributed by atoms with Crippen LogP contribution >= 0.6 is 11.3 Å². The van der Waals surface area contributed by atoms with Crippen molar-refractivity contribution in [1.82, 2.24) is 9.29 Å². The van der Waals surface area contributed by atoms with Gasteiger partial charge in [-0.05, 0) is 24.6 Å². The molecule has 112 valence electrons. The van der Waals surface area contributed by atoms with Crippen LogP contribution < -0.4 is 4.90 Å². The fraction of sp³-hybridized carbons (Fsp3) is 0.357. The molecule has 0 saturated carbocycles. The molecule has 5 nitrogen and oxygen atoms in total. The Kier molecular flexibility index (Phi) is 3.97. The molecule has 7 heteroatoms. The van der Waals surface area contributed by atoms with Crippen LogP contribution in [-0.4, -0.2) is 43.9 Å². The van der Waals surface area contributed by atoms with Gasteiger partial charge in [0.25, 0.3) is 0 Å². The molecule has 1 aliphatic heterocycles. The molecule has 1 fully saturated rings. The predicted octanol–water partition coefficient (Wildman–Crippen LogP) is 1.96. The van der Waals surface area contributed by atoms with E-state index < -0.39 is 10.0 Å². The van der Waals surface area contributed by atoms with E-state index in [1.54, 1.807) is 40.0 Å². The maximum Gasteiger partial charge on any atom is 0.243 e. The topological polar surface area (TPSA) is 53.5 Å². The Morgan fingerprint density at radius 3 is 2.57 bits per heavy atom. The molecule has 21 heavy (non-hydrogen) atoms. The number of piperazine rings is 1. The number of aryl methyl sites for hydroxylation is 1. The zero-order valence-corrected chi connectivity index (χ0v) is 13.4. The minimum Gasteiger partial charge on any atom is -0.345 e.